The van der Waals surface area contributed by atoms with Crippen molar-refractivity contribution in [3.8, 4) is 0 Å². The zero-order valence-corrected chi connectivity index (χ0v) is 25.8. The van der Waals surface area contributed by atoms with Crippen molar-refractivity contribution in [3.05, 3.63) is 94.4 Å². The standard InChI is InChI=1S/C29H32F2N6O2S.C2H6.H2/c1-16-17(9-10-25(33-16)36-40(5,38)39)22-14-32-15-24(34-22)29-12-11-19(28(29,2)3)18-13-23(37(4)35-27(18)29)26-20(30)7-6-8-21(26)31;1-2;/h6-10,13-15,19,25,33,35-36H,11-12H2,1-5H3;1-2H3;1H/t19-,25?,29-;;/m0../s1. The zero-order chi connectivity index (χ0) is 30.6. The molecule has 1 fully saturated rings. The average Bonchev–Trinajstić information content (AvgIpc) is 3.30. The van der Waals surface area contributed by atoms with Gasteiger partial charge < -0.3 is 10.7 Å². The fourth-order valence-corrected chi connectivity index (χ4v) is 7.68. The number of nitrogens with one attached hydrogen (secondary N) is 3. The molecule has 3 atom stereocenters. The molecule has 3 N–H and O–H groups in total. The minimum Gasteiger partial charge on any atom is -0.369 e. The number of aromatic nitrogens is 2. The number of hydrogen-bond donors (Lipinski definition) is 3. The monoisotopic (exact) mass is 598 g/mol. The molecule has 1 aromatic heterocycles. The molecule has 2 aliphatic heterocycles. The minimum atomic E-state index is -3.39. The molecule has 3 heterocycles. The van der Waals surface area contributed by atoms with Crippen molar-refractivity contribution in [1.82, 2.24) is 30.4 Å². The van der Waals surface area contributed by atoms with Gasteiger partial charge in [-0.2, -0.15) is 4.72 Å². The maximum atomic E-state index is 14.8. The smallest absolute Gasteiger partial charge is 0.210 e. The first-order valence-electron chi connectivity index (χ1n) is 14.2. The summed E-state index contributed by atoms with van der Waals surface area (Å²) in [5, 5.41) is 4.86. The number of allylic oxidation sites excluding steroid dienone is 6. The highest BCUT2D eigenvalue weighted by atomic mass is 32.2. The zero-order valence-electron chi connectivity index (χ0n) is 25.0. The molecular formula is C31H40F2N6O2S. The molecule has 42 heavy (non-hydrogen) atoms. The normalized spacial score (nSPS) is 25.8. The van der Waals surface area contributed by atoms with Crippen molar-refractivity contribution in [3.63, 3.8) is 0 Å². The molecule has 226 valence electrons. The van der Waals surface area contributed by atoms with Gasteiger partial charge in [-0.25, -0.2) is 22.2 Å². The number of hydrazine groups is 1. The molecule has 11 heteroatoms. The van der Waals surface area contributed by atoms with E-state index in [2.05, 4.69) is 34.3 Å². The third-order valence-corrected chi connectivity index (χ3v) is 9.62. The van der Waals surface area contributed by atoms with E-state index < -0.39 is 33.2 Å². The fraction of sp³-hybridized carbons (Fsp3) is 0.419. The largest absolute Gasteiger partial charge is 0.369 e. The Balaban J connectivity index is 0.00000138. The Morgan fingerprint density at radius 3 is 2.50 bits per heavy atom. The van der Waals surface area contributed by atoms with Crippen molar-refractivity contribution < 1.29 is 18.6 Å². The van der Waals surface area contributed by atoms with Crippen LogP contribution in [-0.4, -0.2) is 42.9 Å². The number of sulfonamides is 1. The topological polar surface area (TPSA) is 99.2 Å². The van der Waals surface area contributed by atoms with Crippen LogP contribution in [0.3, 0.4) is 0 Å². The van der Waals surface area contributed by atoms with E-state index in [1.54, 1.807) is 24.3 Å². The van der Waals surface area contributed by atoms with E-state index in [9.17, 15) is 17.2 Å². The van der Waals surface area contributed by atoms with E-state index in [0.717, 1.165) is 47.3 Å². The summed E-state index contributed by atoms with van der Waals surface area (Å²) in [7, 11) is -1.62. The van der Waals surface area contributed by atoms with Gasteiger partial charge in [-0.3, -0.25) is 9.99 Å². The summed E-state index contributed by atoms with van der Waals surface area (Å²) >= 11 is 0. The van der Waals surface area contributed by atoms with Gasteiger partial charge in [0.1, 0.15) is 17.8 Å². The van der Waals surface area contributed by atoms with Crippen LogP contribution >= 0.6 is 0 Å². The molecule has 1 unspecified atom stereocenters. The maximum Gasteiger partial charge on any atom is 0.210 e. The molecule has 0 radical (unpaired) electrons. The van der Waals surface area contributed by atoms with Gasteiger partial charge in [0.25, 0.3) is 0 Å². The predicted octanol–water partition coefficient (Wildman–Crippen LogP) is 5.23. The van der Waals surface area contributed by atoms with Gasteiger partial charge >= 0.3 is 0 Å². The van der Waals surface area contributed by atoms with Crippen molar-refractivity contribution in [1.29, 1.82) is 0 Å². The highest BCUT2D eigenvalue weighted by Gasteiger charge is 2.65. The summed E-state index contributed by atoms with van der Waals surface area (Å²) in [5.74, 6) is -1.04. The molecule has 0 amide bonds. The Kier molecular flexibility index (Phi) is 7.55. The third kappa shape index (κ3) is 4.63. The summed E-state index contributed by atoms with van der Waals surface area (Å²) in [6, 6.07) is 3.91. The summed E-state index contributed by atoms with van der Waals surface area (Å²) in [6.45, 7) is 10.3. The quantitative estimate of drug-likeness (QED) is 0.434. The third-order valence-electron chi connectivity index (χ3n) is 8.94. The van der Waals surface area contributed by atoms with Crippen LogP contribution in [0.15, 0.2) is 65.8 Å². The van der Waals surface area contributed by atoms with E-state index in [4.69, 9.17) is 4.98 Å². The fourth-order valence-electron chi connectivity index (χ4n) is 7.08. The minimum absolute atomic E-state index is 0. The first-order chi connectivity index (χ1) is 19.8. The summed E-state index contributed by atoms with van der Waals surface area (Å²) in [5.41, 5.74) is 8.28. The molecule has 0 saturated heterocycles. The number of benzene rings is 1. The van der Waals surface area contributed by atoms with Gasteiger partial charge in [0.05, 0.1) is 40.5 Å². The Hall–Kier alpha value is -3.57. The first-order valence-corrected chi connectivity index (χ1v) is 16.1. The summed E-state index contributed by atoms with van der Waals surface area (Å²) in [6.07, 6.45) is 11.4. The molecule has 4 aliphatic rings. The maximum absolute atomic E-state index is 14.8. The second-order valence-electron chi connectivity index (χ2n) is 11.5. The number of fused-ring (bicyclic) bond motifs is 4. The summed E-state index contributed by atoms with van der Waals surface area (Å²) < 4.78 is 55.4. The Morgan fingerprint density at radius 1 is 1.17 bits per heavy atom. The number of rotatable bonds is 5. The van der Waals surface area contributed by atoms with E-state index in [0.29, 0.717) is 11.4 Å². The van der Waals surface area contributed by atoms with Crippen molar-refractivity contribution in [2.45, 2.75) is 59.0 Å². The van der Waals surface area contributed by atoms with E-state index in [-0.39, 0.29) is 18.3 Å². The Labute approximate surface area is 248 Å². The number of halogens is 2. The first kappa shape index (κ1) is 29.9. The van der Waals surface area contributed by atoms with Crippen LogP contribution < -0.4 is 15.5 Å². The van der Waals surface area contributed by atoms with Crippen LogP contribution in [0.2, 0.25) is 0 Å². The van der Waals surface area contributed by atoms with Crippen LogP contribution in [0.25, 0.3) is 11.3 Å². The SMILES string of the molecule is CC.CC1=C(c2cncc([C@@]34CC[C@@H](C5=C3NN(C)C(c3c(F)cccc3F)=C5)C4(C)C)n2)C=CC(NS(C)(=O)=O)N1.[HH]. The van der Waals surface area contributed by atoms with Gasteiger partial charge in [-0.05, 0) is 61.0 Å². The molecular weight excluding hydrogens is 558 g/mol. The highest BCUT2D eigenvalue weighted by molar-refractivity contribution is 7.88. The van der Waals surface area contributed by atoms with Crippen LogP contribution in [0.4, 0.5) is 8.78 Å². The Bertz CT molecular complexity index is 1650. The van der Waals surface area contributed by atoms with Crippen LogP contribution in [-0.2, 0) is 15.4 Å². The molecule has 2 bridgehead atoms. The number of nitrogens with zero attached hydrogens (tertiary/aromatic N) is 3. The molecule has 6 rings (SSSR count). The lowest BCUT2D eigenvalue weighted by molar-refractivity contribution is 0.204. The second-order valence-corrected chi connectivity index (χ2v) is 13.3. The van der Waals surface area contributed by atoms with Gasteiger partial charge in [-0.1, -0.05) is 39.8 Å². The average molecular weight is 599 g/mol. The predicted molar refractivity (Wildman–Crippen MR) is 163 cm³/mol. The molecule has 1 aromatic carbocycles. The van der Waals surface area contributed by atoms with Crippen LogP contribution in [0.1, 0.15) is 65.8 Å². The Morgan fingerprint density at radius 2 is 1.86 bits per heavy atom. The number of dihydropyridines is 1. The lowest BCUT2D eigenvalue weighted by Crippen LogP contribution is -2.47. The van der Waals surface area contributed by atoms with Gasteiger partial charge in [0, 0.05) is 31.6 Å². The van der Waals surface area contributed by atoms with Crippen LogP contribution in [0.5, 0.6) is 0 Å². The molecule has 0 spiro atoms. The van der Waals surface area contributed by atoms with Crippen molar-refractivity contribution in [2.75, 3.05) is 13.3 Å². The second kappa shape index (κ2) is 10.6. The van der Waals surface area contributed by atoms with Crippen molar-refractivity contribution >= 4 is 21.3 Å². The molecule has 2 aliphatic carbocycles. The van der Waals surface area contributed by atoms with E-state index in [1.807, 2.05) is 39.1 Å². The van der Waals surface area contributed by atoms with Crippen molar-refractivity contribution in [2.24, 2.45) is 11.3 Å². The van der Waals surface area contributed by atoms with Crippen LogP contribution in [0, 0.1) is 23.0 Å². The van der Waals surface area contributed by atoms with Gasteiger partial charge in [-0.15, -0.1) is 0 Å². The van der Waals surface area contributed by atoms with Gasteiger partial charge in [0.2, 0.25) is 10.0 Å². The molecule has 8 nitrogen and oxygen atoms in total. The summed E-state index contributed by atoms with van der Waals surface area (Å²) in [4.78, 5) is 9.72. The van der Waals surface area contributed by atoms with Gasteiger partial charge in [0.15, 0.2) is 0 Å². The lowest BCUT2D eigenvalue weighted by Gasteiger charge is -2.42. The van der Waals surface area contributed by atoms with E-state index >= 15 is 0 Å². The molecule has 1 saturated carbocycles. The highest BCUT2D eigenvalue weighted by Crippen LogP contribution is 2.68. The number of hydrogen-bond acceptors (Lipinski definition) is 7. The molecule has 2 aromatic rings. The van der Waals surface area contributed by atoms with E-state index in [1.165, 1.54) is 18.2 Å². The lowest BCUT2D eigenvalue weighted by atomic mass is 9.66.